The molecule has 2 heterocycles. The van der Waals surface area contributed by atoms with Crippen molar-refractivity contribution in [2.24, 2.45) is 5.10 Å². The van der Waals surface area contributed by atoms with Crippen LogP contribution in [0.4, 0.5) is 5.69 Å². The lowest BCUT2D eigenvalue weighted by Gasteiger charge is -2.31. The molecule has 1 fully saturated rings. The highest BCUT2D eigenvalue weighted by atomic mass is 16.2. The predicted molar refractivity (Wildman–Crippen MR) is 107 cm³/mol. The van der Waals surface area contributed by atoms with E-state index in [1.165, 1.54) is 36.1 Å². The fraction of sp³-hybridized carbons (Fsp3) is 0.455. The van der Waals surface area contributed by atoms with Crippen LogP contribution in [0.1, 0.15) is 57.1 Å². The third kappa shape index (κ3) is 2.77. The van der Waals surface area contributed by atoms with Crippen molar-refractivity contribution in [2.45, 2.75) is 58.9 Å². The molecule has 0 N–H and O–H groups in total. The number of rotatable bonds is 2. The van der Waals surface area contributed by atoms with E-state index in [2.05, 4.69) is 54.2 Å². The minimum atomic E-state index is 0.0723. The van der Waals surface area contributed by atoms with Gasteiger partial charge in [-0.1, -0.05) is 37.0 Å². The number of carbonyl (C=O) groups excluding carboxylic acids is 1. The van der Waals surface area contributed by atoms with E-state index in [0.717, 1.165) is 36.4 Å². The van der Waals surface area contributed by atoms with Crippen molar-refractivity contribution in [2.75, 3.05) is 11.4 Å². The molecule has 0 radical (unpaired) electrons. The van der Waals surface area contributed by atoms with E-state index < -0.39 is 0 Å². The first-order valence-corrected chi connectivity index (χ1v) is 9.80. The molecule has 0 atom stereocenters. The molecule has 26 heavy (non-hydrogen) atoms. The number of anilines is 1. The molecule has 1 aromatic carbocycles. The van der Waals surface area contributed by atoms with Crippen LogP contribution >= 0.6 is 0 Å². The van der Waals surface area contributed by atoms with Gasteiger partial charge in [0.2, 0.25) is 0 Å². The summed E-state index contributed by atoms with van der Waals surface area (Å²) in [5.41, 5.74) is 6.21. The van der Waals surface area contributed by atoms with Crippen molar-refractivity contribution in [1.29, 1.82) is 0 Å². The number of carbonyl (C=O) groups is 1. The Bertz CT molecular complexity index is 828. The Balaban J connectivity index is 1.73. The van der Waals surface area contributed by atoms with Gasteiger partial charge in [0.05, 0.1) is 23.0 Å². The van der Waals surface area contributed by atoms with Crippen LogP contribution in [0.5, 0.6) is 0 Å². The summed E-state index contributed by atoms with van der Waals surface area (Å²) in [5, 5.41) is 6.44. The molecule has 4 nitrogen and oxygen atoms in total. The maximum absolute atomic E-state index is 13.2. The van der Waals surface area contributed by atoms with Crippen LogP contribution in [-0.2, 0) is 4.79 Å². The van der Waals surface area contributed by atoms with Gasteiger partial charge in [-0.05, 0) is 57.4 Å². The zero-order chi connectivity index (χ0) is 18.3. The van der Waals surface area contributed by atoms with Gasteiger partial charge in [-0.2, -0.15) is 5.10 Å². The van der Waals surface area contributed by atoms with Crippen molar-refractivity contribution in [3.63, 3.8) is 0 Å². The molecule has 0 unspecified atom stereocenters. The first kappa shape index (κ1) is 17.1. The summed E-state index contributed by atoms with van der Waals surface area (Å²) in [6.45, 7) is 7.03. The minimum Gasteiger partial charge on any atom is -0.341 e. The number of nitrogens with zero attached hydrogens (tertiary/aromatic N) is 3. The number of likely N-dealkylation sites (N-methyl/N-ethyl adjacent to an activating group) is 1. The molecule has 136 valence electrons. The number of fused-ring (bicyclic) bond motifs is 1. The van der Waals surface area contributed by atoms with Crippen LogP contribution in [0.2, 0.25) is 0 Å². The summed E-state index contributed by atoms with van der Waals surface area (Å²) < 4.78 is 0. The van der Waals surface area contributed by atoms with Crippen LogP contribution in [0.25, 0.3) is 6.08 Å². The minimum absolute atomic E-state index is 0.0723. The highest BCUT2D eigenvalue weighted by molar-refractivity contribution is 6.25. The van der Waals surface area contributed by atoms with Crippen LogP contribution in [0, 0.1) is 6.92 Å². The van der Waals surface area contributed by atoms with E-state index in [-0.39, 0.29) is 11.9 Å². The van der Waals surface area contributed by atoms with Gasteiger partial charge in [-0.15, -0.1) is 0 Å². The molecule has 1 aromatic rings. The Morgan fingerprint density at radius 3 is 2.62 bits per heavy atom. The van der Waals surface area contributed by atoms with E-state index >= 15 is 0 Å². The molecular formula is C22H27N3O. The quantitative estimate of drug-likeness (QED) is 0.729. The lowest BCUT2D eigenvalue weighted by Crippen LogP contribution is -2.36. The van der Waals surface area contributed by atoms with E-state index in [0.29, 0.717) is 0 Å². The molecule has 0 bridgehead atoms. The predicted octanol–water partition coefficient (Wildman–Crippen LogP) is 4.65. The Labute approximate surface area is 155 Å². The van der Waals surface area contributed by atoms with Gasteiger partial charge in [0.1, 0.15) is 0 Å². The van der Waals surface area contributed by atoms with Crippen LogP contribution < -0.4 is 4.90 Å². The number of hydrazone groups is 1. The fourth-order valence-electron chi connectivity index (χ4n) is 4.39. The largest absolute Gasteiger partial charge is 0.341 e. The normalized spacial score (nSPS) is 23.5. The van der Waals surface area contributed by atoms with Gasteiger partial charge in [-0.3, -0.25) is 4.79 Å². The maximum Gasteiger partial charge on any atom is 0.278 e. The number of hydrogen-bond acceptors (Lipinski definition) is 3. The fourth-order valence-corrected chi connectivity index (χ4v) is 4.39. The number of aryl methyl sites for hydroxylation is 1. The van der Waals surface area contributed by atoms with Crippen molar-refractivity contribution in [3.8, 4) is 0 Å². The SMILES string of the molecule is CCN1C(=C2C(=O)N(C3CCCCC3)N=C2C)C=Cc2cc(C)ccc21. The zero-order valence-electron chi connectivity index (χ0n) is 16.0. The smallest absolute Gasteiger partial charge is 0.278 e. The molecule has 2 aliphatic heterocycles. The first-order valence-electron chi connectivity index (χ1n) is 9.80. The van der Waals surface area contributed by atoms with Gasteiger partial charge in [0, 0.05) is 12.2 Å². The average molecular weight is 349 g/mol. The summed E-state index contributed by atoms with van der Waals surface area (Å²) in [6, 6.07) is 6.75. The Hall–Kier alpha value is -2.36. The summed E-state index contributed by atoms with van der Waals surface area (Å²) in [7, 11) is 0. The van der Waals surface area contributed by atoms with E-state index in [4.69, 9.17) is 0 Å². The van der Waals surface area contributed by atoms with Crippen LogP contribution in [-0.4, -0.2) is 29.2 Å². The molecule has 0 saturated heterocycles. The standard InChI is InChI=1S/C22H27N3O/c1-4-24-19-12-10-15(2)14-17(19)11-13-20(24)21-16(3)23-25(22(21)26)18-8-6-5-7-9-18/h10-14,18H,4-9H2,1-3H3. The zero-order valence-corrected chi connectivity index (χ0v) is 16.0. The molecule has 1 aliphatic carbocycles. The second-order valence-corrected chi connectivity index (χ2v) is 7.53. The third-order valence-corrected chi connectivity index (χ3v) is 5.72. The topological polar surface area (TPSA) is 35.9 Å². The lowest BCUT2D eigenvalue weighted by molar-refractivity contribution is -0.128. The Kier molecular flexibility index (Phi) is 4.43. The Morgan fingerprint density at radius 1 is 1.12 bits per heavy atom. The maximum atomic E-state index is 13.2. The van der Waals surface area contributed by atoms with Gasteiger partial charge in [-0.25, -0.2) is 5.01 Å². The van der Waals surface area contributed by atoms with Gasteiger partial charge in [0.15, 0.2) is 0 Å². The second kappa shape index (κ2) is 6.75. The molecule has 1 amide bonds. The van der Waals surface area contributed by atoms with Crippen molar-refractivity contribution < 1.29 is 4.79 Å². The lowest BCUT2D eigenvalue weighted by atomic mass is 9.94. The van der Waals surface area contributed by atoms with E-state index in [1.54, 1.807) is 5.01 Å². The summed E-state index contributed by atoms with van der Waals surface area (Å²) in [5.74, 6) is 0.0723. The van der Waals surface area contributed by atoms with Crippen molar-refractivity contribution >= 4 is 23.4 Å². The molecule has 0 aromatic heterocycles. The molecular weight excluding hydrogens is 322 g/mol. The second-order valence-electron chi connectivity index (χ2n) is 7.53. The number of amides is 1. The highest BCUT2D eigenvalue weighted by Crippen LogP contribution is 2.36. The molecule has 4 rings (SSSR count). The highest BCUT2D eigenvalue weighted by Gasteiger charge is 2.36. The molecule has 3 aliphatic rings. The molecule has 1 saturated carbocycles. The average Bonchev–Trinajstić information content (AvgIpc) is 2.95. The summed E-state index contributed by atoms with van der Waals surface area (Å²) in [4.78, 5) is 15.5. The van der Waals surface area contributed by atoms with Crippen LogP contribution in [0.15, 0.2) is 40.6 Å². The van der Waals surface area contributed by atoms with Gasteiger partial charge in [0.25, 0.3) is 5.91 Å². The number of hydrogen-bond donors (Lipinski definition) is 0. The summed E-state index contributed by atoms with van der Waals surface area (Å²) >= 11 is 0. The molecule has 4 heteroatoms. The number of benzene rings is 1. The van der Waals surface area contributed by atoms with Gasteiger partial charge >= 0.3 is 0 Å². The van der Waals surface area contributed by atoms with Crippen molar-refractivity contribution in [1.82, 2.24) is 5.01 Å². The Morgan fingerprint density at radius 2 is 1.88 bits per heavy atom. The monoisotopic (exact) mass is 349 g/mol. The van der Waals surface area contributed by atoms with E-state index in [9.17, 15) is 4.79 Å². The third-order valence-electron chi connectivity index (χ3n) is 5.72. The van der Waals surface area contributed by atoms with Crippen molar-refractivity contribution in [3.05, 3.63) is 46.7 Å². The molecule has 0 spiro atoms. The summed E-state index contributed by atoms with van der Waals surface area (Å²) in [6.07, 6.45) is 10.0. The van der Waals surface area contributed by atoms with Gasteiger partial charge < -0.3 is 4.90 Å². The first-order chi connectivity index (χ1) is 12.6. The van der Waals surface area contributed by atoms with Crippen LogP contribution in [0.3, 0.4) is 0 Å². The van der Waals surface area contributed by atoms with E-state index in [1.807, 2.05) is 6.92 Å². The number of allylic oxidation sites excluding steroid dienone is 1.